The molecule has 47 heavy (non-hydrogen) atoms. The Morgan fingerprint density at radius 1 is 0.872 bits per heavy atom. The van der Waals surface area contributed by atoms with Crippen LogP contribution in [0, 0.1) is 52.3 Å². The van der Waals surface area contributed by atoms with E-state index < -0.39 is 0 Å². The van der Waals surface area contributed by atoms with Crippen molar-refractivity contribution in [1.29, 1.82) is 0 Å². The molecule has 4 aliphatic carbocycles. The normalized spacial score (nSPS) is 34.1. The summed E-state index contributed by atoms with van der Waals surface area (Å²) in [7, 11) is 0. The SMILES string of the molecule is C=C(CCC(C)C1CCC2C3=CCC4C(C)C(OC(=O)CCCCCCCCCC=CCCCC)CCC4(C)C3CCC21C)C(C)C. The molecule has 0 N–H and O–H groups in total. The molecule has 2 nitrogen and oxygen atoms in total. The highest BCUT2D eigenvalue weighted by molar-refractivity contribution is 5.69. The van der Waals surface area contributed by atoms with Crippen LogP contribution < -0.4 is 0 Å². The Hall–Kier alpha value is -1.31. The van der Waals surface area contributed by atoms with Gasteiger partial charge in [0.1, 0.15) is 6.10 Å². The zero-order valence-corrected chi connectivity index (χ0v) is 32.2. The van der Waals surface area contributed by atoms with Crippen LogP contribution in [0.1, 0.15) is 183 Å². The smallest absolute Gasteiger partial charge is 0.306 e. The van der Waals surface area contributed by atoms with E-state index in [9.17, 15) is 4.79 Å². The average molecular weight is 649 g/mol. The fourth-order valence-electron chi connectivity index (χ4n) is 11.2. The maximum atomic E-state index is 12.9. The Labute approximate surface area is 292 Å². The third-order valence-corrected chi connectivity index (χ3v) is 14.5. The molecule has 0 bridgehead atoms. The van der Waals surface area contributed by atoms with Crippen molar-refractivity contribution in [1.82, 2.24) is 0 Å². The van der Waals surface area contributed by atoms with Crippen LogP contribution in [0.4, 0.5) is 0 Å². The number of hydrogen-bond donors (Lipinski definition) is 0. The topological polar surface area (TPSA) is 26.3 Å². The molecule has 3 fully saturated rings. The van der Waals surface area contributed by atoms with Gasteiger partial charge < -0.3 is 4.74 Å². The fraction of sp³-hybridized carbons (Fsp3) is 0.844. The van der Waals surface area contributed by atoms with Crippen LogP contribution in [-0.2, 0) is 9.53 Å². The molecule has 268 valence electrons. The van der Waals surface area contributed by atoms with E-state index in [0.29, 0.717) is 35.0 Å². The molecule has 9 atom stereocenters. The van der Waals surface area contributed by atoms with Crippen molar-refractivity contribution in [3.63, 3.8) is 0 Å². The molecular formula is C45H76O2. The van der Waals surface area contributed by atoms with Crippen LogP contribution >= 0.6 is 0 Å². The number of hydrogen-bond acceptors (Lipinski definition) is 2. The van der Waals surface area contributed by atoms with Gasteiger partial charge in [0.2, 0.25) is 0 Å². The van der Waals surface area contributed by atoms with E-state index in [1.807, 2.05) is 5.57 Å². The Bertz CT molecular complexity index is 1050. The van der Waals surface area contributed by atoms with Crippen LogP contribution in [0.2, 0.25) is 0 Å². The first-order valence-corrected chi connectivity index (χ1v) is 20.7. The molecule has 0 aliphatic heterocycles. The van der Waals surface area contributed by atoms with E-state index in [1.165, 1.54) is 115 Å². The number of esters is 1. The van der Waals surface area contributed by atoms with Gasteiger partial charge in [-0.2, -0.15) is 0 Å². The summed E-state index contributed by atoms with van der Waals surface area (Å²) in [5.41, 5.74) is 4.11. The van der Waals surface area contributed by atoms with Crippen LogP contribution in [0.5, 0.6) is 0 Å². The first-order valence-electron chi connectivity index (χ1n) is 20.7. The summed E-state index contributed by atoms with van der Waals surface area (Å²) in [6.45, 7) is 21.5. The molecule has 0 amide bonds. The molecule has 3 saturated carbocycles. The molecule has 0 aromatic carbocycles. The van der Waals surface area contributed by atoms with Gasteiger partial charge in [-0.3, -0.25) is 4.79 Å². The quantitative estimate of drug-likeness (QED) is 0.0791. The van der Waals surface area contributed by atoms with Gasteiger partial charge in [-0.05, 0) is 136 Å². The first kappa shape index (κ1) is 38.5. The zero-order valence-electron chi connectivity index (χ0n) is 32.2. The van der Waals surface area contributed by atoms with Gasteiger partial charge in [0.25, 0.3) is 0 Å². The molecule has 0 radical (unpaired) electrons. The Morgan fingerprint density at radius 2 is 1.51 bits per heavy atom. The monoisotopic (exact) mass is 649 g/mol. The van der Waals surface area contributed by atoms with Crippen molar-refractivity contribution in [3.8, 4) is 0 Å². The number of unbranched alkanes of at least 4 members (excludes halogenated alkanes) is 9. The lowest BCUT2D eigenvalue weighted by Crippen LogP contribution is -2.53. The number of allylic oxidation sites excluding steroid dienone is 5. The van der Waals surface area contributed by atoms with E-state index in [0.717, 1.165) is 42.9 Å². The van der Waals surface area contributed by atoms with Crippen molar-refractivity contribution >= 4 is 5.97 Å². The summed E-state index contributed by atoms with van der Waals surface area (Å²) >= 11 is 0. The number of fused-ring (bicyclic) bond motifs is 5. The molecular weight excluding hydrogens is 572 g/mol. The van der Waals surface area contributed by atoms with Crippen molar-refractivity contribution in [2.24, 2.45) is 52.3 Å². The second-order valence-corrected chi connectivity index (χ2v) is 17.8. The standard InChI is InChI=1S/C45H76O2/c1-9-10-11-12-13-14-15-16-17-18-19-20-21-22-43(46)47-42-30-32-45(8)39(36(42)6)26-25-37-40-28-27-38(44(40,7)31-29-41(37)45)35(5)24-23-34(4)33(2)3/h12-13,25,33,35-36,38-42H,4,9-11,14-24,26-32H2,1-3,5-8H3. The van der Waals surface area contributed by atoms with Gasteiger partial charge in [0, 0.05) is 6.42 Å². The van der Waals surface area contributed by atoms with E-state index >= 15 is 0 Å². The van der Waals surface area contributed by atoms with Crippen LogP contribution in [0.3, 0.4) is 0 Å². The summed E-state index contributed by atoms with van der Waals surface area (Å²) in [4.78, 5) is 12.9. The third-order valence-electron chi connectivity index (χ3n) is 14.5. The highest BCUT2D eigenvalue weighted by Crippen LogP contribution is 2.67. The van der Waals surface area contributed by atoms with Crippen LogP contribution in [-0.4, -0.2) is 12.1 Å². The molecule has 9 unspecified atom stereocenters. The third kappa shape index (κ3) is 9.48. The summed E-state index contributed by atoms with van der Waals surface area (Å²) in [5.74, 6) is 4.90. The Kier molecular flexibility index (Phi) is 14.8. The van der Waals surface area contributed by atoms with E-state index in [-0.39, 0.29) is 12.1 Å². The number of rotatable bonds is 19. The van der Waals surface area contributed by atoms with Gasteiger partial charge in [-0.15, -0.1) is 0 Å². The predicted octanol–water partition coefficient (Wildman–Crippen LogP) is 13.6. The predicted molar refractivity (Wildman–Crippen MR) is 202 cm³/mol. The summed E-state index contributed by atoms with van der Waals surface area (Å²) in [5, 5.41) is 0. The molecule has 0 saturated heterocycles. The molecule has 0 aromatic heterocycles. The largest absolute Gasteiger partial charge is 0.462 e. The number of ether oxygens (including phenoxy) is 1. The summed E-state index contributed by atoms with van der Waals surface area (Å²) in [6, 6.07) is 0. The summed E-state index contributed by atoms with van der Waals surface area (Å²) in [6.07, 6.45) is 33.5. The number of carbonyl (C=O) groups is 1. The van der Waals surface area contributed by atoms with Crippen molar-refractivity contribution in [3.05, 3.63) is 36.0 Å². The molecule has 0 aromatic rings. The van der Waals surface area contributed by atoms with Crippen molar-refractivity contribution < 1.29 is 9.53 Å². The fourth-order valence-corrected chi connectivity index (χ4v) is 11.2. The molecule has 0 heterocycles. The molecule has 4 rings (SSSR count). The highest BCUT2D eigenvalue weighted by Gasteiger charge is 2.59. The lowest BCUT2D eigenvalue weighted by atomic mass is 9.46. The van der Waals surface area contributed by atoms with Crippen molar-refractivity contribution in [2.75, 3.05) is 0 Å². The van der Waals surface area contributed by atoms with E-state index in [2.05, 4.69) is 73.3 Å². The highest BCUT2D eigenvalue weighted by atomic mass is 16.5. The van der Waals surface area contributed by atoms with Crippen LogP contribution in [0.25, 0.3) is 0 Å². The zero-order chi connectivity index (χ0) is 34.0. The maximum absolute atomic E-state index is 12.9. The average Bonchev–Trinajstić information content (AvgIpc) is 3.40. The van der Waals surface area contributed by atoms with E-state index in [1.54, 1.807) is 0 Å². The van der Waals surface area contributed by atoms with Gasteiger partial charge in [-0.1, -0.05) is 129 Å². The second-order valence-electron chi connectivity index (χ2n) is 17.8. The minimum atomic E-state index is 0.0591. The first-order chi connectivity index (χ1) is 22.5. The summed E-state index contributed by atoms with van der Waals surface area (Å²) < 4.78 is 6.25. The number of carbonyl (C=O) groups excluding carboxylic acids is 1. The molecule has 4 aliphatic rings. The lowest BCUT2D eigenvalue weighted by Gasteiger charge is -2.59. The van der Waals surface area contributed by atoms with Crippen LogP contribution in [0.15, 0.2) is 36.0 Å². The minimum Gasteiger partial charge on any atom is -0.462 e. The minimum absolute atomic E-state index is 0.0591. The Morgan fingerprint density at radius 3 is 2.21 bits per heavy atom. The lowest BCUT2D eigenvalue weighted by molar-refractivity contribution is -0.161. The molecule has 2 heteroatoms. The maximum Gasteiger partial charge on any atom is 0.306 e. The Balaban J connectivity index is 1.20. The molecule has 0 spiro atoms. The van der Waals surface area contributed by atoms with Gasteiger partial charge in [0.05, 0.1) is 0 Å². The van der Waals surface area contributed by atoms with Gasteiger partial charge in [-0.25, -0.2) is 0 Å². The van der Waals surface area contributed by atoms with Gasteiger partial charge >= 0.3 is 5.97 Å². The van der Waals surface area contributed by atoms with E-state index in [4.69, 9.17) is 4.74 Å². The second kappa shape index (κ2) is 18.1. The van der Waals surface area contributed by atoms with Gasteiger partial charge in [0.15, 0.2) is 0 Å². The van der Waals surface area contributed by atoms with Crippen molar-refractivity contribution in [2.45, 2.75) is 189 Å².